The number of nitrogens with zero attached hydrogens (tertiary/aromatic N) is 3. The van der Waals surface area contributed by atoms with Gasteiger partial charge in [0.15, 0.2) is 0 Å². The number of rotatable bonds is 3. The van der Waals surface area contributed by atoms with E-state index in [1.165, 1.54) is 12.0 Å². The number of hydrogen-bond acceptors (Lipinski definition) is 3. The molecule has 110 valence electrons. The highest BCUT2D eigenvalue weighted by Gasteiger charge is 2.20. The maximum absolute atomic E-state index is 12.0. The molecule has 0 unspecified atom stereocenters. The number of guanidine groups is 1. The Balaban J connectivity index is 4.91. The van der Waals surface area contributed by atoms with Crippen LogP contribution in [-0.4, -0.2) is 62.2 Å². The van der Waals surface area contributed by atoms with Gasteiger partial charge in [0.25, 0.3) is 0 Å². The van der Waals surface area contributed by atoms with Crippen molar-refractivity contribution < 1.29 is 14.3 Å². The molecule has 0 heterocycles. The molecule has 19 heavy (non-hydrogen) atoms. The average molecular weight is 272 g/mol. The zero-order valence-electron chi connectivity index (χ0n) is 12.6. The Kier molecular flexibility index (Phi) is 7.55. The van der Waals surface area contributed by atoms with Crippen LogP contribution < -0.4 is 5.32 Å². The van der Waals surface area contributed by atoms with E-state index in [9.17, 15) is 9.59 Å². The molecule has 0 aliphatic heterocycles. The molecule has 0 spiro atoms. The van der Waals surface area contributed by atoms with Crippen LogP contribution in [0.5, 0.6) is 0 Å². The first-order chi connectivity index (χ1) is 8.87. The molecule has 7 nitrogen and oxygen atoms in total. The highest BCUT2D eigenvalue weighted by Crippen LogP contribution is 2.00. The number of carbonyl (C=O) groups excluding carboxylic acids is 2. The van der Waals surface area contributed by atoms with Crippen LogP contribution in [0.2, 0.25) is 0 Å². The smallest absolute Gasteiger partial charge is 0.436 e. The van der Waals surface area contributed by atoms with Crippen molar-refractivity contribution >= 4 is 18.1 Å². The predicted octanol–water partition coefficient (Wildman–Crippen LogP) is 1.50. The van der Waals surface area contributed by atoms with Gasteiger partial charge in [-0.05, 0) is 12.8 Å². The minimum atomic E-state index is -0.745. The summed E-state index contributed by atoms with van der Waals surface area (Å²) in [5, 5.41) is 2.87. The lowest BCUT2D eigenvalue weighted by Gasteiger charge is -2.26. The first kappa shape index (κ1) is 17.2. The first-order valence-electron chi connectivity index (χ1n) is 6.25. The standard InChI is InChI=1S/C12H24N4O3/c1-7-9(8-2)13-11(17)16(5)10(15(3)4)14-12(18)19-6/h9H,7-8H2,1-6H3,(H,13,17). The maximum Gasteiger partial charge on any atom is 0.436 e. The summed E-state index contributed by atoms with van der Waals surface area (Å²) in [5.74, 6) is 0.218. The second-order valence-electron chi connectivity index (χ2n) is 4.30. The van der Waals surface area contributed by atoms with Crippen LogP contribution in [0, 0.1) is 0 Å². The van der Waals surface area contributed by atoms with E-state index in [1.807, 2.05) is 13.8 Å². The Morgan fingerprint density at radius 3 is 2.11 bits per heavy atom. The number of ether oxygens (including phenoxy) is 1. The summed E-state index contributed by atoms with van der Waals surface area (Å²) in [5.41, 5.74) is 0. The molecule has 0 bridgehead atoms. The fraction of sp³-hybridized carbons (Fsp3) is 0.750. The van der Waals surface area contributed by atoms with Gasteiger partial charge in [-0.1, -0.05) is 13.8 Å². The minimum absolute atomic E-state index is 0.108. The third-order valence-corrected chi connectivity index (χ3v) is 2.68. The lowest BCUT2D eigenvalue weighted by Crippen LogP contribution is -2.49. The number of hydrogen-bond donors (Lipinski definition) is 1. The van der Waals surface area contributed by atoms with Crippen molar-refractivity contribution in [3.63, 3.8) is 0 Å². The highest BCUT2D eigenvalue weighted by atomic mass is 16.5. The van der Waals surface area contributed by atoms with E-state index in [0.717, 1.165) is 12.8 Å². The summed E-state index contributed by atoms with van der Waals surface area (Å²) < 4.78 is 4.47. The van der Waals surface area contributed by atoms with Crippen LogP contribution in [0.15, 0.2) is 4.99 Å². The monoisotopic (exact) mass is 272 g/mol. The molecule has 0 aliphatic carbocycles. The average Bonchev–Trinajstić information content (AvgIpc) is 2.40. The molecule has 0 rings (SSSR count). The van der Waals surface area contributed by atoms with E-state index in [4.69, 9.17) is 0 Å². The van der Waals surface area contributed by atoms with Crippen LogP contribution >= 0.6 is 0 Å². The predicted molar refractivity (Wildman–Crippen MR) is 74.2 cm³/mol. The van der Waals surface area contributed by atoms with Crippen molar-refractivity contribution in [1.29, 1.82) is 0 Å². The van der Waals surface area contributed by atoms with E-state index in [1.54, 1.807) is 26.0 Å². The second kappa shape index (κ2) is 8.34. The van der Waals surface area contributed by atoms with Gasteiger partial charge in [-0.2, -0.15) is 0 Å². The highest BCUT2D eigenvalue weighted by molar-refractivity contribution is 5.99. The fourth-order valence-corrected chi connectivity index (χ4v) is 1.46. The van der Waals surface area contributed by atoms with Gasteiger partial charge in [0.1, 0.15) is 0 Å². The molecule has 0 radical (unpaired) electrons. The van der Waals surface area contributed by atoms with Crippen LogP contribution in [0.1, 0.15) is 26.7 Å². The number of urea groups is 1. The van der Waals surface area contributed by atoms with Crippen LogP contribution in [0.25, 0.3) is 0 Å². The van der Waals surface area contributed by atoms with Gasteiger partial charge in [-0.3, -0.25) is 4.90 Å². The van der Waals surface area contributed by atoms with E-state index < -0.39 is 6.09 Å². The van der Waals surface area contributed by atoms with Gasteiger partial charge in [-0.25, -0.2) is 9.59 Å². The Bertz CT molecular complexity index is 338. The van der Waals surface area contributed by atoms with Crippen molar-refractivity contribution in [2.24, 2.45) is 4.99 Å². The summed E-state index contributed by atoms with van der Waals surface area (Å²) in [6.07, 6.45) is 0.953. The Labute approximate surface area is 114 Å². The molecule has 0 fully saturated rings. The molecule has 0 aromatic rings. The quantitative estimate of drug-likeness (QED) is 0.624. The van der Waals surface area contributed by atoms with Crippen LogP contribution in [-0.2, 0) is 4.74 Å². The van der Waals surface area contributed by atoms with Gasteiger partial charge < -0.3 is 15.0 Å². The molecule has 0 aromatic heterocycles. The van der Waals surface area contributed by atoms with Gasteiger partial charge >= 0.3 is 12.1 Å². The molecule has 0 saturated heterocycles. The summed E-state index contributed by atoms with van der Waals surface area (Å²) >= 11 is 0. The van der Waals surface area contributed by atoms with Gasteiger partial charge in [0, 0.05) is 27.2 Å². The van der Waals surface area contributed by atoms with E-state index in [0.29, 0.717) is 0 Å². The van der Waals surface area contributed by atoms with Crippen molar-refractivity contribution in [3.05, 3.63) is 0 Å². The van der Waals surface area contributed by atoms with E-state index in [-0.39, 0.29) is 18.0 Å². The first-order valence-corrected chi connectivity index (χ1v) is 6.25. The number of methoxy groups -OCH3 is 1. The number of nitrogens with one attached hydrogen (secondary N) is 1. The molecule has 7 heteroatoms. The largest absolute Gasteiger partial charge is 0.451 e. The molecule has 0 atom stereocenters. The molecule has 1 N–H and O–H groups in total. The SMILES string of the molecule is CCC(CC)NC(=O)N(C)C(=NC(=O)OC)N(C)C. The van der Waals surface area contributed by atoms with Gasteiger partial charge in [0.2, 0.25) is 5.96 Å². The lowest BCUT2D eigenvalue weighted by atomic mass is 10.2. The van der Waals surface area contributed by atoms with Crippen LogP contribution in [0.3, 0.4) is 0 Å². The van der Waals surface area contributed by atoms with Gasteiger partial charge in [0.05, 0.1) is 7.11 Å². The summed E-state index contributed by atoms with van der Waals surface area (Å²) in [6.45, 7) is 4.01. The van der Waals surface area contributed by atoms with Crippen molar-refractivity contribution in [1.82, 2.24) is 15.1 Å². The Morgan fingerprint density at radius 1 is 1.21 bits per heavy atom. The molecule has 0 saturated carbocycles. The van der Waals surface area contributed by atoms with E-state index >= 15 is 0 Å². The molecule has 0 aromatic carbocycles. The van der Waals surface area contributed by atoms with E-state index in [2.05, 4.69) is 15.0 Å². The third kappa shape index (κ3) is 5.58. The zero-order chi connectivity index (χ0) is 15.0. The lowest BCUT2D eigenvalue weighted by molar-refractivity contribution is 0.181. The van der Waals surface area contributed by atoms with Crippen molar-refractivity contribution in [3.8, 4) is 0 Å². The molecule has 0 aliphatic rings. The maximum atomic E-state index is 12.0. The normalized spacial score (nSPS) is 11.2. The topological polar surface area (TPSA) is 74.2 Å². The van der Waals surface area contributed by atoms with Crippen LogP contribution in [0.4, 0.5) is 9.59 Å². The van der Waals surface area contributed by atoms with Crippen molar-refractivity contribution in [2.45, 2.75) is 32.7 Å². The molecule has 3 amide bonds. The summed E-state index contributed by atoms with van der Waals surface area (Å²) in [6, 6.07) is -0.193. The Morgan fingerprint density at radius 2 is 1.74 bits per heavy atom. The molecular formula is C12H24N4O3. The summed E-state index contributed by atoms with van der Waals surface area (Å²) in [4.78, 5) is 29.8. The molecular weight excluding hydrogens is 248 g/mol. The number of carbonyl (C=O) groups is 2. The second-order valence-corrected chi connectivity index (χ2v) is 4.30. The zero-order valence-corrected chi connectivity index (χ0v) is 12.6. The van der Waals surface area contributed by atoms with Crippen molar-refractivity contribution in [2.75, 3.05) is 28.3 Å². The third-order valence-electron chi connectivity index (χ3n) is 2.68. The number of aliphatic imine (C=N–C) groups is 1. The van der Waals surface area contributed by atoms with Gasteiger partial charge in [-0.15, -0.1) is 4.99 Å². The minimum Gasteiger partial charge on any atom is -0.451 e. The summed E-state index contributed by atoms with van der Waals surface area (Å²) in [7, 11) is 6.19. The Hall–Kier alpha value is -1.79. The number of amides is 3. The fourth-order valence-electron chi connectivity index (χ4n) is 1.46.